The maximum Gasteiger partial charge on any atom is 0.218 e. The Labute approximate surface area is 117 Å². The van der Waals surface area contributed by atoms with Crippen molar-refractivity contribution in [3.8, 4) is 5.75 Å². The van der Waals surface area contributed by atoms with Crippen molar-refractivity contribution in [1.82, 2.24) is 0 Å². The molecule has 0 spiro atoms. The van der Waals surface area contributed by atoms with Crippen LogP contribution in [0.3, 0.4) is 0 Å². The van der Waals surface area contributed by atoms with Crippen LogP contribution < -0.4 is 10.5 Å². The summed E-state index contributed by atoms with van der Waals surface area (Å²) in [5.41, 5.74) is 4.93. The fraction of sp³-hybridized carbons (Fsp3) is 0.417. The molecule has 0 atom stereocenters. The molecule has 0 heterocycles. The number of carbonyl (C=O) groups is 1. The first kappa shape index (κ1) is 15.8. The summed E-state index contributed by atoms with van der Waals surface area (Å²) in [5, 5.41) is 0. The van der Waals surface area contributed by atoms with E-state index >= 15 is 0 Å². The number of sulfone groups is 1. The summed E-state index contributed by atoms with van der Waals surface area (Å²) in [7, 11) is -1.62. The summed E-state index contributed by atoms with van der Waals surface area (Å²) in [6.07, 6.45) is -0.116. The highest BCUT2D eigenvalue weighted by molar-refractivity contribution is 8.00. The molecule has 0 unspecified atom stereocenters. The predicted octanol–water partition coefficient (Wildman–Crippen LogP) is 1.08. The Balaban J connectivity index is 2.38. The summed E-state index contributed by atoms with van der Waals surface area (Å²) >= 11 is 1.45. The zero-order chi connectivity index (χ0) is 14.3. The van der Waals surface area contributed by atoms with Gasteiger partial charge in [0.1, 0.15) is 5.75 Å². The number of nitrogens with two attached hydrogens (primary N) is 1. The topological polar surface area (TPSA) is 86.5 Å². The molecule has 0 aliphatic heterocycles. The van der Waals surface area contributed by atoms with Crippen LogP contribution in [0.4, 0.5) is 0 Å². The molecular formula is C12H17NO4S2. The van der Waals surface area contributed by atoms with Crippen LogP contribution in [0.1, 0.15) is 6.42 Å². The van der Waals surface area contributed by atoms with E-state index in [0.29, 0.717) is 5.75 Å². The van der Waals surface area contributed by atoms with Crippen LogP contribution in [-0.2, 0) is 14.6 Å². The summed E-state index contributed by atoms with van der Waals surface area (Å²) in [6.45, 7) is 0. The number of ether oxygens (including phenoxy) is 1. The van der Waals surface area contributed by atoms with E-state index in [4.69, 9.17) is 10.5 Å². The van der Waals surface area contributed by atoms with E-state index in [0.717, 1.165) is 10.6 Å². The van der Waals surface area contributed by atoms with Crippen molar-refractivity contribution >= 4 is 27.5 Å². The van der Waals surface area contributed by atoms with Crippen molar-refractivity contribution in [3.05, 3.63) is 24.3 Å². The Bertz CT molecular complexity index is 511. The Hall–Kier alpha value is -1.21. The zero-order valence-electron chi connectivity index (χ0n) is 10.7. The Morgan fingerprint density at radius 1 is 1.26 bits per heavy atom. The van der Waals surface area contributed by atoms with Gasteiger partial charge in [0, 0.05) is 17.1 Å². The van der Waals surface area contributed by atoms with Gasteiger partial charge >= 0.3 is 0 Å². The minimum atomic E-state index is -3.21. The van der Waals surface area contributed by atoms with Crippen molar-refractivity contribution in [2.24, 2.45) is 5.73 Å². The molecule has 7 heteroatoms. The number of carbonyl (C=O) groups excluding carboxylic acids is 1. The zero-order valence-corrected chi connectivity index (χ0v) is 12.3. The van der Waals surface area contributed by atoms with E-state index in [1.807, 2.05) is 24.3 Å². The molecule has 0 saturated carbocycles. The molecule has 106 valence electrons. The third-order valence-corrected chi connectivity index (χ3v) is 5.31. The molecule has 1 aromatic rings. The van der Waals surface area contributed by atoms with Crippen molar-refractivity contribution in [2.45, 2.75) is 11.3 Å². The van der Waals surface area contributed by atoms with Crippen LogP contribution in [0.2, 0.25) is 0 Å². The lowest BCUT2D eigenvalue weighted by atomic mass is 10.3. The standard InChI is InChI=1S/C12H17NO4S2/c1-17-10-2-4-11(5-3-10)18-7-9-19(15,16)8-6-12(13)14/h2-5H,6-9H2,1H3,(H2,13,14). The highest BCUT2D eigenvalue weighted by atomic mass is 32.2. The molecule has 0 aliphatic carbocycles. The maximum absolute atomic E-state index is 11.6. The van der Waals surface area contributed by atoms with Gasteiger partial charge in [-0.1, -0.05) is 0 Å². The summed E-state index contributed by atoms with van der Waals surface area (Å²) in [5.74, 6) is 0.487. The average Bonchev–Trinajstić information content (AvgIpc) is 2.37. The number of amides is 1. The van der Waals surface area contributed by atoms with Crippen LogP contribution in [0.5, 0.6) is 5.75 Å². The van der Waals surface area contributed by atoms with Crippen LogP contribution in [0.15, 0.2) is 29.2 Å². The molecule has 1 rings (SSSR count). The molecule has 0 aliphatic rings. The lowest BCUT2D eigenvalue weighted by Crippen LogP contribution is -2.19. The molecule has 19 heavy (non-hydrogen) atoms. The van der Waals surface area contributed by atoms with E-state index in [9.17, 15) is 13.2 Å². The number of hydrogen-bond donors (Lipinski definition) is 1. The van der Waals surface area contributed by atoms with Crippen molar-refractivity contribution in [3.63, 3.8) is 0 Å². The van der Waals surface area contributed by atoms with Gasteiger partial charge in [-0.05, 0) is 24.3 Å². The van der Waals surface area contributed by atoms with E-state index in [1.54, 1.807) is 7.11 Å². The molecule has 1 aromatic carbocycles. The third kappa shape index (κ3) is 6.49. The van der Waals surface area contributed by atoms with Crippen molar-refractivity contribution < 1.29 is 17.9 Å². The van der Waals surface area contributed by atoms with Gasteiger partial charge in [-0.2, -0.15) is 0 Å². The van der Waals surface area contributed by atoms with Crippen molar-refractivity contribution in [1.29, 1.82) is 0 Å². The van der Waals surface area contributed by atoms with Gasteiger partial charge in [0.25, 0.3) is 0 Å². The Morgan fingerprint density at radius 3 is 2.42 bits per heavy atom. The molecule has 1 amide bonds. The fourth-order valence-corrected chi connectivity index (χ4v) is 3.95. The Morgan fingerprint density at radius 2 is 1.89 bits per heavy atom. The second-order valence-corrected chi connectivity index (χ2v) is 7.36. The van der Waals surface area contributed by atoms with Gasteiger partial charge in [0.2, 0.25) is 5.91 Å². The number of rotatable bonds is 8. The smallest absolute Gasteiger partial charge is 0.218 e. The summed E-state index contributed by atoms with van der Waals surface area (Å²) in [6, 6.07) is 7.40. The molecule has 0 bridgehead atoms. The second kappa shape index (κ2) is 7.40. The Kier molecular flexibility index (Phi) is 6.17. The molecule has 2 N–H and O–H groups in total. The van der Waals surface area contributed by atoms with Gasteiger partial charge in [-0.3, -0.25) is 4.79 Å². The van der Waals surface area contributed by atoms with Crippen LogP contribution in [0, 0.1) is 0 Å². The quantitative estimate of drug-likeness (QED) is 0.726. The van der Waals surface area contributed by atoms with E-state index in [1.165, 1.54) is 11.8 Å². The molecule has 5 nitrogen and oxygen atoms in total. The largest absolute Gasteiger partial charge is 0.497 e. The predicted molar refractivity (Wildman–Crippen MR) is 76.2 cm³/mol. The third-order valence-electron chi connectivity index (χ3n) is 2.38. The van der Waals surface area contributed by atoms with E-state index < -0.39 is 15.7 Å². The van der Waals surface area contributed by atoms with Crippen LogP contribution in [0.25, 0.3) is 0 Å². The number of primary amides is 1. The normalized spacial score (nSPS) is 11.2. The fourth-order valence-electron chi connectivity index (χ4n) is 1.32. The number of methoxy groups -OCH3 is 1. The van der Waals surface area contributed by atoms with Gasteiger partial charge < -0.3 is 10.5 Å². The maximum atomic E-state index is 11.6. The number of hydrogen-bond acceptors (Lipinski definition) is 5. The van der Waals surface area contributed by atoms with Gasteiger partial charge in [0.05, 0.1) is 18.6 Å². The van der Waals surface area contributed by atoms with E-state index in [-0.39, 0.29) is 17.9 Å². The number of thioether (sulfide) groups is 1. The van der Waals surface area contributed by atoms with Crippen LogP contribution >= 0.6 is 11.8 Å². The molecule has 0 radical (unpaired) electrons. The van der Waals surface area contributed by atoms with Gasteiger partial charge in [-0.25, -0.2) is 8.42 Å². The first-order valence-corrected chi connectivity index (χ1v) is 8.49. The van der Waals surface area contributed by atoms with E-state index in [2.05, 4.69) is 0 Å². The average molecular weight is 303 g/mol. The highest BCUT2D eigenvalue weighted by Crippen LogP contribution is 2.21. The highest BCUT2D eigenvalue weighted by Gasteiger charge is 2.12. The molecule has 0 fully saturated rings. The van der Waals surface area contributed by atoms with Gasteiger partial charge in [-0.15, -0.1) is 11.8 Å². The summed E-state index contributed by atoms with van der Waals surface area (Å²) in [4.78, 5) is 11.5. The lowest BCUT2D eigenvalue weighted by molar-refractivity contribution is -0.117. The van der Waals surface area contributed by atoms with Crippen LogP contribution in [-0.4, -0.2) is 38.7 Å². The SMILES string of the molecule is COc1ccc(SCCS(=O)(=O)CCC(N)=O)cc1. The first-order valence-electron chi connectivity index (χ1n) is 5.68. The molecule has 0 aromatic heterocycles. The monoisotopic (exact) mass is 303 g/mol. The van der Waals surface area contributed by atoms with Crippen molar-refractivity contribution in [2.75, 3.05) is 24.4 Å². The second-order valence-electron chi connectivity index (χ2n) is 3.89. The minimum Gasteiger partial charge on any atom is -0.497 e. The first-order chi connectivity index (χ1) is 8.93. The number of benzene rings is 1. The molecular weight excluding hydrogens is 286 g/mol. The summed E-state index contributed by atoms with van der Waals surface area (Å²) < 4.78 is 28.2. The molecule has 0 saturated heterocycles. The lowest BCUT2D eigenvalue weighted by Gasteiger charge is -2.04. The van der Waals surface area contributed by atoms with Gasteiger partial charge in [0.15, 0.2) is 9.84 Å². The minimum absolute atomic E-state index is 0.0387.